The smallest absolute Gasteiger partial charge is 0.167 e. The zero-order valence-electron chi connectivity index (χ0n) is 8.00. The Hall–Kier alpha value is -1.22. The number of rotatable bonds is 3. The molecule has 1 aromatic rings. The molecule has 0 saturated heterocycles. The number of Topliss-reactive ketones (excluding diaryl/α,β-unsaturated/α-hetero) is 1. The van der Waals surface area contributed by atoms with E-state index in [1.165, 1.54) is 19.1 Å². The molecule has 0 spiro atoms. The molecule has 1 rings (SSSR count). The van der Waals surface area contributed by atoms with Gasteiger partial charge in [-0.1, -0.05) is 11.6 Å². The molecule has 1 aromatic carbocycles. The summed E-state index contributed by atoms with van der Waals surface area (Å²) in [5.74, 6) is -0.125. The van der Waals surface area contributed by atoms with Gasteiger partial charge in [0.25, 0.3) is 0 Å². The van der Waals surface area contributed by atoms with Crippen molar-refractivity contribution in [3.05, 3.63) is 22.7 Å². The molecule has 0 fully saturated rings. The summed E-state index contributed by atoms with van der Waals surface area (Å²) in [7, 11) is 0. The molecule has 0 amide bonds. The van der Waals surface area contributed by atoms with Crippen LogP contribution >= 0.6 is 11.6 Å². The summed E-state index contributed by atoms with van der Waals surface area (Å²) in [6, 6.07) is 2.87. The van der Waals surface area contributed by atoms with Crippen LogP contribution in [0.3, 0.4) is 0 Å². The average molecular weight is 215 g/mol. The fraction of sp³-hybridized carbons (Fsp3) is 0.300. The van der Waals surface area contributed by atoms with E-state index in [0.717, 1.165) is 0 Å². The van der Waals surface area contributed by atoms with E-state index in [2.05, 4.69) is 0 Å². The number of phenolic OH excluding ortho intramolecular Hbond substituents is 1. The number of carbonyl (C=O) groups excluding carboxylic acids is 1. The fourth-order valence-electron chi connectivity index (χ4n) is 1.17. The highest BCUT2D eigenvalue weighted by Crippen LogP contribution is 2.35. The third-order valence-electron chi connectivity index (χ3n) is 1.73. The Morgan fingerprint density at radius 1 is 1.57 bits per heavy atom. The quantitative estimate of drug-likeness (QED) is 0.787. The minimum Gasteiger partial charge on any atom is -0.507 e. The van der Waals surface area contributed by atoms with Crippen molar-refractivity contribution in [3.8, 4) is 11.5 Å². The van der Waals surface area contributed by atoms with Gasteiger partial charge in [0.05, 0.1) is 11.6 Å². The standard InChI is InChI=1S/C10H11ClO3/c1-3-14-10-7(11)4-5-8(13)9(10)6(2)12/h4-5,13H,3H2,1-2H3. The Morgan fingerprint density at radius 3 is 2.71 bits per heavy atom. The number of phenols is 1. The van der Waals surface area contributed by atoms with Crippen LogP contribution in [-0.4, -0.2) is 17.5 Å². The first-order valence-electron chi connectivity index (χ1n) is 4.23. The van der Waals surface area contributed by atoms with Gasteiger partial charge >= 0.3 is 0 Å². The van der Waals surface area contributed by atoms with Gasteiger partial charge in [0.2, 0.25) is 0 Å². The number of hydrogen-bond donors (Lipinski definition) is 1. The molecular weight excluding hydrogens is 204 g/mol. The van der Waals surface area contributed by atoms with Crippen LogP contribution in [0.2, 0.25) is 5.02 Å². The maximum Gasteiger partial charge on any atom is 0.167 e. The minimum atomic E-state index is -0.270. The van der Waals surface area contributed by atoms with Gasteiger partial charge in [-0.15, -0.1) is 0 Å². The maximum atomic E-state index is 11.2. The van der Waals surface area contributed by atoms with Crippen LogP contribution in [0.1, 0.15) is 24.2 Å². The van der Waals surface area contributed by atoms with Crippen molar-refractivity contribution >= 4 is 17.4 Å². The van der Waals surface area contributed by atoms with Gasteiger partial charge in [-0.3, -0.25) is 4.79 Å². The highest BCUT2D eigenvalue weighted by molar-refractivity contribution is 6.32. The molecule has 0 bridgehead atoms. The SMILES string of the molecule is CCOc1c(Cl)ccc(O)c1C(C)=O. The summed E-state index contributed by atoms with van der Waals surface area (Å²) in [5.41, 5.74) is 0.138. The topological polar surface area (TPSA) is 46.5 Å². The molecule has 1 N–H and O–H groups in total. The van der Waals surface area contributed by atoms with Gasteiger partial charge in [-0.2, -0.15) is 0 Å². The maximum absolute atomic E-state index is 11.2. The number of benzene rings is 1. The van der Waals surface area contributed by atoms with Crippen molar-refractivity contribution < 1.29 is 14.6 Å². The number of halogens is 1. The summed E-state index contributed by atoms with van der Waals surface area (Å²) < 4.78 is 5.20. The van der Waals surface area contributed by atoms with E-state index < -0.39 is 0 Å². The van der Waals surface area contributed by atoms with Crippen molar-refractivity contribution in [1.29, 1.82) is 0 Å². The zero-order valence-corrected chi connectivity index (χ0v) is 8.76. The van der Waals surface area contributed by atoms with Gasteiger partial charge in [-0.05, 0) is 26.0 Å². The van der Waals surface area contributed by atoms with E-state index in [4.69, 9.17) is 16.3 Å². The van der Waals surface area contributed by atoms with Gasteiger partial charge in [0.15, 0.2) is 11.5 Å². The Kier molecular flexibility index (Phi) is 3.36. The summed E-state index contributed by atoms with van der Waals surface area (Å²) in [6.45, 7) is 3.53. The van der Waals surface area contributed by atoms with Crippen LogP contribution < -0.4 is 4.74 Å². The molecule has 4 heteroatoms. The zero-order chi connectivity index (χ0) is 10.7. The lowest BCUT2D eigenvalue weighted by Crippen LogP contribution is -2.01. The summed E-state index contributed by atoms with van der Waals surface area (Å²) in [4.78, 5) is 11.2. The lowest BCUT2D eigenvalue weighted by atomic mass is 10.1. The first-order chi connectivity index (χ1) is 6.57. The van der Waals surface area contributed by atoms with Gasteiger partial charge < -0.3 is 9.84 Å². The molecule has 0 atom stereocenters. The average Bonchev–Trinajstić information content (AvgIpc) is 2.11. The van der Waals surface area contributed by atoms with E-state index >= 15 is 0 Å². The predicted octanol–water partition coefficient (Wildman–Crippen LogP) is 2.65. The molecule has 0 aliphatic carbocycles. The first kappa shape index (κ1) is 10.9. The molecule has 0 saturated carbocycles. The van der Waals surface area contributed by atoms with Crippen LogP contribution in [0.25, 0.3) is 0 Å². The second-order valence-electron chi connectivity index (χ2n) is 2.76. The number of hydrogen-bond acceptors (Lipinski definition) is 3. The van der Waals surface area contributed by atoms with Crippen LogP contribution in [0.15, 0.2) is 12.1 Å². The molecule has 3 nitrogen and oxygen atoms in total. The summed E-state index contributed by atoms with van der Waals surface area (Å²) in [6.07, 6.45) is 0. The van der Waals surface area contributed by atoms with E-state index in [0.29, 0.717) is 11.6 Å². The molecule has 0 aliphatic heterocycles. The van der Waals surface area contributed by atoms with Crippen LogP contribution in [0.5, 0.6) is 11.5 Å². The van der Waals surface area contributed by atoms with Crippen LogP contribution in [0, 0.1) is 0 Å². The fourth-order valence-corrected chi connectivity index (χ4v) is 1.38. The number of ketones is 1. The van der Waals surface area contributed by atoms with E-state index in [1.54, 1.807) is 6.92 Å². The second kappa shape index (κ2) is 4.33. The van der Waals surface area contributed by atoms with Crippen molar-refractivity contribution in [2.24, 2.45) is 0 Å². The summed E-state index contributed by atoms with van der Waals surface area (Å²) in [5, 5.41) is 9.78. The highest BCUT2D eigenvalue weighted by Gasteiger charge is 2.16. The Balaban J connectivity index is 3.33. The minimum absolute atomic E-state index is 0.106. The predicted molar refractivity (Wildman–Crippen MR) is 54.3 cm³/mol. The normalized spacial score (nSPS) is 9.93. The summed E-state index contributed by atoms with van der Waals surface area (Å²) >= 11 is 5.84. The Labute approximate surface area is 87.3 Å². The van der Waals surface area contributed by atoms with E-state index in [-0.39, 0.29) is 22.8 Å². The Morgan fingerprint density at radius 2 is 2.21 bits per heavy atom. The van der Waals surface area contributed by atoms with E-state index in [1.807, 2.05) is 0 Å². The van der Waals surface area contributed by atoms with E-state index in [9.17, 15) is 9.90 Å². The molecule has 0 aromatic heterocycles. The van der Waals surface area contributed by atoms with Crippen molar-refractivity contribution in [2.75, 3.05) is 6.61 Å². The Bertz CT molecular complexity index is 361. The molecule has 0 unspecified atom stereocenters. The second-order valence-corrected chi connectivity index (χ2v) is 3.17. The van der Waals surface area contributed by atoms with Crippen LogP contribution in [-0.2, 0) is 0 Å². The monoisotopic (exact) mass is 214 g/mol. The third kappa shape index (κ3) is 1.99. The molecular formula is C10H11ClO3. The molecule has 0 radical (unpaired) electrons. The van der Waals surface area contributed by atoms with Crippen molar-refractivity contribution in [1.82, 2.24) is 0 Å². The lowest BCUT2D eigenvalue weighted by molar-refractivity contribution is 0.101. The lowest BCUT2D eigenvalue weighted by Gasteiger charge is -2.10. The molecule has 14 heavy (non-hydrogen) atoms. The number of aromatic hydroxyl groups is 1. The van der Waals surface area contributed by atoms with Gasteiger partial charge in [-0.25, -0.2) is 0 Å². The molecule has 76 valence electrons. The van der Waals surface area contributed by atoms with Crippen molar-refractivity contribution in [3.63, 3.8) is 0 Å². The number of ether oxygens (including phenoxy) is 1. The van der Waals surface area contributed by atoms with Crippen LogP contribution in [0.4, 0.5) is 0 Å². The molecule has 0 aliphatic rings. The highest BCUT2D eigenvalue weighted by atomic mass is 35.5. The third-order valence-corrected chi connectivity index (χ3v) is 2.03. The largest absolute Gasteiger partial charge is 0.507 e. The van der Waals surface area contributed by atoms with Gasteiger partial charge in [0.1, 0.15) is 11.3 Å². The molecule has 0 heterocycles. The van der Waals surface area contributed by atoms with Gasteiger partial charge in [0, 0.05) is 0 Å². The van der Waals surface area contributed by atoms with Crippen molar-refractivity contribution in [2.45, 2.75) is 13.8 Å². The first-order valence-corrected chi connectivity index (χ1v) is 4.61. The number of carbonyl (C=O) groups is 1.